The van der Waals surface area contributed by atoms with Gasteiger partial charge in [0.05, 0.1) is 6.26 Å². The lowest BCUT2D eigenvalue weighted by Crippen LogP contribution is -2.75. The molecular weight excluding hydrogens is 408 g/mol. The third-order valence-corrected chi connectivity index (χ3v) is 7.71. The molecule has 2 aliphatic heterocycles. The number of nitrogens with zero attached hydrogens (tertiary/aromatic N) is 6. The number of furan rings is 1. The minimum absolute atomic E-state index is 0.00321. The zero-order valence-corrected chi connectivity index (χ0v) is 16.5. The largest absolute Gasteiger partial charge is 0.480 e. The molecule has 2 amide bonds. The summed E-state index contributed by atoms with van der Waals surface area (Å²) in [6.07, 6.45) is 1.43. The summed E-state index contributed by atoms with van der Waals surface area (Å²) in [4.78, 5) is 39.9. The number of anilines is 1. The number of aryl methyl sites for hydroxylation is 1. The molecule has 0 spiro atoms. The van der Waals surface area contributed by atoms with Crippen LogP contribution < -0.4 is 4.90 Å². The number of hydrogen-bond acceptors (Lipinski definition) is 9. The smallest absolute Gasteiger partial charge is 0.322 e. The highest BCUT2D eigenvalue weighted by Gasteiger charge is 2.60. The molecule has 0 aliphatic carbocycles. The Bertz CT molecular complexity index is 933. The molecule has 0 radical (unpaired) electrons. The van der Waals surface area contributed by atoms with Crippen LogP contribution in [0.1, 0.15) is 6.92 Å². The zero-order valence-electron chi connectivity index (χ0n) is 14.9. The molecule has 0 aromatic carbocycles. The Morgan fingerprint density at radius 1 is 1.50 bits per heavy atom. The van der Waals surface area contributed by atoms with Crippen molar-refractivity contribution in [1.29, 1.82) is 0 Å². The van der Waals surface area contributed by atoms with Gasteiger partial charge in [-0.15, -0.1) is 16.9 Å². The van der Waals surface area contributed by atoms with Crippen molar-refractivity contribution < 1.29 is 23.9 Å². The maximum Gasteiger partial charge on any atom is 0.322 e. The molecular formula is C15H16N6O5S2. The first-order valence-corrected chi connectivity index (χ1v) is 10.1. The van der Waals surface area contributed by atoms with E-state index < -0.39 is 16.8 Å². The van der Waals surface area contributed by atoms with Crippen molar-refractivity contribution in [3.63, 3.8) is 0 Å². The van der Waals surface area contributed by atoms with E-state index in [4.69, 9.17) is 4.42 Å². The average molecular weight is 424 g/mol. The van der Waals surface area contributed by atoms with Gasteiger partial charge in [-0.25, -0.2) is 4.68 Å². The summed E-state index contributed by atoms with van der Waals surface area (Å²) >= 11 is 2.34. The van der Waals surface area contributed by atoms with Crippen LogP contribution in [0, 0.1) is 0 Å². The number of carbonyl (C=O) groups is 3. The Kier molecular flexibility index (Phi) is 4.57. The van der Waals surface area contributed by atoms with Crippen LogP contribution in [0.3, 0.4) is 0 Å². The van der Waals surface area contributed by atoms with Crippen LogP contribution >= 0.6 is 23.5 Å². The van der Waals surface area contributed by atoms with Crippen LogP contribution in [0.4, 0.5) is 5.88 Å². The summed E-state index contributed by atoms with van der Waals surface area (Å²) in [7, 11) is 1.62. The van der Waals surface area contributed by atoms with Crippen molar-refractivity contribution in [3.05, 3.63) is 18.4 Å². The van der Waals surface area contributed by atoms with E-state index in [-0.39, 0.29) is 29.5 Å². The second kappa shape index (κ2) is 6.81. The van der Waals surface area contributed by atoms with Gasteiger partial charge >= 0.3 is 5.97 Å². The molecule has 2 aromatic rings. The van der Waals surface area contributed by atoms with Crippen molar-refractivity contribution in [1.82, 2.24) is 25.1 Å². The van der Waals surface area contributed by atoms with Gasteiger partial charge in [-0.05, 0) is 16.5 Å². The molecule has 2 saturated heterocycles. The molecule has 0 bridgehead atoms. The molecule has 3 atom stereocenters. The summed E-state index contributed by atoms with van der Waals surface area (Å²) < 4.78 is 5.41. The van der Waals surface area contributed by atoms with Gasteiger partial charge in [0, 0.05) is 32.3 Å². The lowest BCUT2D eigenvalue weighted by molar-refractivity contribution is -0.150. The van der Waals surface area contributed by atoms with Crippen molar-refractivity contribution in [3.8, 4) is 0 Å². The predicted octanol–water partition coefficient (Wildman–Crippen LogP) is 0.0554. The first-order chi connectivity index (χ1) is 13.3. The van der Waals surface area contributed by atoms with E-state index in [0.717, 1.165) is 11.8 Å². The maximum absolute atomic E-state index is 12.8. The highest BCUT2D eigenvalue weighted by atomic mass is 32.2. The normalized spacial score (nSPS) is 26.5. The van der Waals surface area contributed by atoms with Crippen LogP contribution in [-0.2, 0) is 21.4 Å². The number of hydrogen-bond donors (Lipinski definition) is 1. The summed E-state index contributed by atoms with van der Waals surface area (Å²) in [6, 6.07) is 2.53. The van der Waals surface area contributed by atoms with Crippen LogP contribution in [-0.4, -0.2) is 76.5 Å². The minimum atomic E-state index is -1.28. The monoisotopic (exact) mass is 424 g/mol. The number of thioether (sulfide) groups is 2. The van der Waals surface area contributed by atoms with Crippen LogP contribution in [0.5, 0.6) is 0 Å². The summed E-state index contributed by atoms with van der Waals surface area (Å²) in [5.74, 6) is -1.15. The van der Waals surface area contributed by atoms with Crippen LogP contribution in [0.2, 0.25) is 0 Å². The van der Waals surface area contributed by atoms with Gasteiger partial charge in [-0.1, -0.05) is 11.8 Å². The number of aliphatic carboxylic acids is 1. The van der Waals surface area contributed by atoms with Crippen molar-refractivity contribution >= 4 is 47.2 Å². The zero-order chi connectivity index (χ0) is 20.1. The van der Waals surface area contributed by atoms with Crippen molar-refractivity contribution in [2.75, 3.05) is 17.2 Å². The van der Waals surface area contributed by atoms with Gasteiger partial charge in [0.15, 0.2) is 0 Å². The molecule has 13 heteroatoms. The van der Waals surface area contributed by atoms with Gasteiger partial charge in [0.2, 0.25) is 22.9 Å². The Balaban J connectivity index is 1.57. The summed E-state index contributed by atoms with van der Waals surface area (Å²) in [5, 5.41) is 21.0. The third kappa shape index (κ3) is 2.85. The fraction of sp³-hybridized carbons (Fsp3) is 0.467. The molecule has 4 heterocycles. The number of amides is 2. The summed E-state index contributed by atoms with van der Waals surface area (Å²) in [5.41, 5.74) is 0. The first-order valence-electron chi connectivity index (χ1n) is 8.24. The molecule has 0 saturated carbocycles. The topological polar surface area (TPSA) is 135 Å². The lowest BCUT2D eigenvalue weighted by Gasteiger charge is -2.55. The molecule has 28 heavy (non-hydrogen) atoms. The van der Waals surface area contributed by atoms with E-state index in [1.165, 1.54) is 39.4 Å². The lowest BCUT2D eigenvalue weighted by atomic mass is 10.0. The number of rotatable bonds is 5. The average Bonchev–Trinajstić information content (AvgIpc) is 3.31. The van der Waals surface area contributed by atoms with Gasteiger partial charge in [-0.3, -0.25) is 19.3 Å². The molecule has 4 rings (SSSR count). The van der Waals surface area contributed by atoms with E-state index in [9.17, 15) is 19.5 Å². The first kappa shape index (κ1) is 18.8. The van der Waals surface area contributed by atoms with Crippen molar-refractivity contribution in [2.24, 2.45) is 7.05 Å². The number of β-lactam (4-membered cyclic amide) rings is 1. The van der Waals surface area contributed by atoms with Crippen LogP contribution in [0.25, 0.3) is 0 Å². The quantitative estimate of drug-likeness (QED) is 0.656. The van der Waals surface area contributed by atoms with Gasteiger partial charge in [0.25, 0.3) is 0 Å². The SMILES string of the molecule is CC(=O)N(c1ccco1)C1C(=O)N2CC(Sc3nnnn3C)(C(=O)O)CS[C@H]12. The third-order valence-electron chi connectivity index (χ3n) is 4.65. The molecule has 2 unspecified atom stereocenters. The molecule has 11 nitrogen and oxygen atoms in total. The highest BCUT2D eigenvalue weighted by molar-refractivity contribution is 8.04. The number of aromatic nitrogens is 4. The number of carboxylic acids is 1. The Morgan fingerprint density at radius 2 is 2.29 bits per heavy atom. The minimum Gasteiger partial charge on any atom is -0.480 e. The number of fused-ring (bicyclic) bond motifs is 1. The molecule has 2 aliphatic rings. The van der Waals surface area contributed by atoms with Gasteiger partial charge in [-0.2, -0.15) is 0 Å². The number of carbonyl (C=O) groups excluding carboxylic acids is 2. The Labute approximate surface area is 167 Å². The second-order valence-corrected chi connectivity index (χ2v) is 8.90. The Hall–Kier alpha value is -2.54. The van der Waals surface area contributed by atoms with E-state index in [1.807, 2.05) is 0 Å². The molecule has 1 N–H and O–H groups in total. The second-order valence-electron chi connectivity index (χ2n) is 6.44. The molecule has 2 aromatic heterocycles. The number of carboxylic acid groups (broad SMARTS) is 1. The number of tetrazole rings is 1. The maximum atomic E-state index is 12.8. The predicted molar refractivity (Wildman–Crippen MR) is 98.6 cm³/mol. The standard InChI is InChI=1S/C15H16N6O5S2/c1-8(22)21(9-4-3-5-26-9)10-11(23)20-6-15(13(24)25,7-27-12(10)20)28-14-16-17-18-19(14)2/h3-5,10,12H,6-7H2,1-2H3,(H,24,25)/t10?,12-,15?/m1/s1. The highest BCUT2D eigenvalue weighted by Crippen LogP contribution is 2.47. The van der Waals surface area contributed by atoms with Crippen LogP contribution in [0.15, 0.2) is 28.0 Å². The van der Waals surface area contributed by atoms with E-state index >= 15 is 0 Å². The summed E-state index contributed by atoms with van der Waals surface area (Å²) in [6.45, 7) is 1.36. The fourth-order valence-electron chi connectivity index (χ4n) is 3.25. The van der Waals surface area contributed by atoms with Crippen molar-refractivity contribution in [2.45, 2.75) is 28.2 Å². The fourth-order valence-corrected chi connectivity index (χ4v) is 6.01. The molecule has 148 valence electrons. The Morgan fingerprint density at radius 3 is 2.86 bits per heavy atom. The van der Waals surface area contributed by atoms with E-state index in [1.54, 1.807) is 19.2 Å². The van der Waals surface area contributed by atoms with E-state index in [0.29, 0.717) is 11.0 Å². The van der Waals surface area contributed by atoms with Gasteiger partial charge < -0.3 is 14.4 Å². The van der Waals surface area contributed by atoms with E-state index in [2.05, 4.69) is 15.5 Å². The molecule has 2 fully saturated rings. The van der Waals surface area contributed by atoms with Gasteiger partial charge in [0.1, 0.15) is 16.2 Å².